The highest BCUT2D eigenvalue weighted by Crippen LogP contribution is 2.38. The standard InChI is InChI=1S/C32H29NS.C8H11N.C6H7N.CH5N/c1-5-6-7-11-24(3)25(4)22-26(20-21-33-27-18-16-23(2)17-19-27)28-13-10-14-30-29-12-8-9-15-31(29)34-32(28)30;1-7(9)8-5-3-2-4-6-8;7-6-4-2-1-3-5-6;1-2/h5-22,33H,3-4H2,1-2H3;2-7H,9H2,1H3;1-5H,7H2;2H2,1H3/b6-5-,11-7-,21-20-,26-22+;;;. The van der Waals surface area contributed by atoms with Crippen molar-refractivity contribution >= 4 is 48.5 Å². The molecule has 1 unspecified atom stereocenters. The van der Waals surface area contributed by atoms with Crippen LogP contribution in [0.2, 0.25) is 0 Å². The largest absolute Gasteiger partial charge is 0.399 e. The van der Waals surface area contributed by atoms with Crippen LogP contribution in [-0.4, -0.2) is 7.05 Å². The van der Waals surface area contributed by atoms with Crippen LogP contribution in [0.3, 0.4) is 0 Å². The molecule has 0 aliphatic rings. The summed E-state index contributed by atoms with van der Waals surface area (Å²) in [5.74, 6) is 0. The lowest BCUT2D eigenvalue weighted by molar-refractivity contribution is 0.818. The highest BCUT2D eigenvalue weighted by Gasteiger charge is 2.11. The van der Waals surface area contributed by atoms with Crippen molar-refractivity contribution in [3.05, 3.63) is 211 Å². The molecule has 0 fully saturated rings. The predicted molar refractivity (Wildman–Crippen MR) is 233 cm³/mol. The van der Waals surface area contributed by atoms with E-state index in [0.717, 1.165) is 28.1 Å². The molecule has 0 amide bonds. The van der Waals surface area contributed by atoms with Crippen molar-refractivity contribution in [1.29, 1.82) is 0 Å². The van der Waals surface area contributed by atoms with Crippen LogP contribution in [0, 0.1) is 6.92 Å². The smallest absolute Gasteiger partial charge is 0.0433 e. The Morgan fingerprint density at radius 1 is 0.712 bits per heavy atom. The summed E-state index contributed by atoms with van der Waals surface area (Å²) < 4.78 is 2.57. The van der Waals surface area contributed by atoms with Gasteiger partial charge in [0.2, 0.25) is 0 Å². The maximum Gasteiger partial charge on any atom is 0.0433 e. The van der Waals surface area contributed by atoms with Crippen LogP contribution in [0.5, 0.6) is 0 Å². The number of rotatable bonds is 9. The molecule has 0 radical (unpaired) electrons. The number of benzene rings is 5. The lowest BCUT2D eigenvalue weighted by Gasteiger charge is -2.08. The number of allylic oxidation sites excluding steroid dienone is 9. The van der Waals surface area contributed by atoms with Crippen LogP contribution in [0.15, 0.2) is 194 Å². The second-order valence-electron chi connectivity index (χ2n) is 11.8. The minimum absolute atomic E-state index is 0.159. The molecule has 1 atom stereocenters. The maximum atomic E-state index is 5.61. The molecule has 6 rings (SSSR count). The second-order valence-corrected chi connectivity index (χ2v) is 12.8. The van der Waals surface area contributed by atoms with Gasteiger partial charge in [-0.1, -0.05) is 140 Å². The van der Waals surface area contributed by atoms with Crippen molar-refractivity contribution in [2.75, 3.05) is 18.1 Å². The van der Waals surface area contributed by atoms with Crippen LogP contribution in [0.25, 0.3) is 25.7 Å². The Morgan fingerprint density at radius 2 is 1.33 bits per heavy atom. The van der Waals surface area contributed by atoms with Gasteiger partial charge in [-0.2, -0.15) is 0 Å². The summed E-state index contributed by atoms with van der Waals surface area (Å²) in [7, 11) is 1.50. The number of nitrogen functional groups attached to an aromatic ring is 1. The van der Waals surface area contributed by atoms with E-state index in [-0.39, 0.29) is 6.04 Å². The molecule has 0 spiro atoms. The quantitative estimate of drug-likeness (QED) is 0.0891. The summed E-state index contributed by atoms with van der Waals surface area (Å²) in [6, 6.07) is 43.2. The van der Waals surface area contributed by atoms with Gasteiger partial charge < -0.3 is 22.5 Å². The first-order chi connectivity index (χ1) is 25.3. The van der Waals surface area contributed by atoms with Gasteiger partial charge in [0.15, 0.2) is 0 Å². The number of nitrogens with one attached hydrogen (secondary N) is 1. The lowest BCUT2D eigenvalue weighted by atomic mass is 9.98. The summed E-state index contributed by atoms with van der Waals surface area (Å²) in [5.41, 5.74) is 23.8. The minimum Gasteiger partial charge on any atom is -0.399 e. The van der Waals surface area contributed by atoms with Crippen molar-refractivity contribution in [3.63, 3.8) is 0 Å². The maximum absolute atomic E-state index is 5.61. The van der Waals surface area contributed by atoms with Crippen molar-refractivity contribution in [2.24, 2.45) is 11.5 Å². The van der Waals surface area contributed by atoms with E-state index in [1.54, 1.807) is 0 Å². The zero-order chi connectivity index (χ0) is 37.7. The molecular formula is C47H52N4S. The summed E-state index contributed by atoms with van der Waals surface area (Å²) in [4.78, 5) is 0. The number of hydrogen-bond acceptors (Lipinski definition) is 5. The number of fused-ring (bicyclic) bond motifs is 3. The number of hydrogen-bond donors (Lipinski definition) is 4. The molecule has 4 nitrogen and oxygen atoms in total. The fourth-order valence-corrected chi connectivity index (χ4v) is 6.19. The Balaban J connectivity index is 0.000000329. The molecule has 0 saturated heterocycles. The number of para-hydroxylation sites is 1. The summed E-state index contributed by atoms with van der Waals surface area (Å²) in [5, 5.41) is 5.97. The molecule has 0 saturated carbocycles. The fourth-order valence-electron chi connectivity index (χ4n) is 4.95. The molecule has 0 bridgehead atoms. The van der Waals surface area contributed by atoms with Crippen molar-refractivity contribution in [2.45, 2.75) is 26.8 Å². The molecule has 5 heteroatoms. The van der Waals surface area contributed by atoms with Gasteiger partial charge in [0.1, 0.15) is 0 Å². The van der Waals surface area contributed by atoms with Gasteiger partial charge in [-0.25, -0.2) is 0 Å². The van der Waals surface area contributed by atoms with Crippen molar-refractivity contribution in [3.8, 4) is 0 Å². The van der Waals surface area contributed by atoms with Crippen LogP contribution < -0.4 is 22.5 Å². The Kier molecular flexibility index (Phi) is 17.4. The van der Waals surface area contributed by atoms with E-state index in [1.165, 1.54) is 43.9 Å². The van der Waals surface area contributed by atoms with E-state index < -0.39 is 0 Å². The first-order valence-corrected chi connectivity index (χ1v) is 18.1. The van der Waals surface area contributed by atoms with Crippen LogP contribution in [0.4, 0.5) is 11.4 Å². The van der Waals surface area contributed by atoms with Crippen LogP contribution in [0.1, 0.15) is 36.6 Å². The van der Waals surface area contributed by atoms with Gasteiger partial charge >= 0.3 is 0 Å². The van der Waals surface area contributed by atoms with E-state index in [2.05, 4.69) is 110 Å². The van der Waals surface area contributed by atoms with E-state index in [1.807, 2.05) is 116 Å². The zero-order valence-corrected chi connectivity index (χ0v) is 31.6. The average Bonchev–Trinajstić information content (AvgIpc) is 3.56. The molecule has 52 heavy (non-hydrogen) atoms. The first-order valence-electron chi connectivity index (χ1n) is 17.2. The Bertz CT molecular complexity index is 2100. The number of aryl methyl sites for hydroxylation is 1. The van der Waals surface area contributed by atoms with Crippen molar-refractivity contribution in [1.82, 2.24) is 0 Å². The van der Waals surface area contributed by atoms with Crippen molar-refractivity contribution < 1.29 is 0 Å². The van der Waals surface area contributed by atoms with Gasteiger partial charge in [0.25, 0.3) is 0 Å². The third-order valence-electron chi connectivity index (χ3n) is 7.75. The van der Waals surface area contributed by atoms with Crippen LogP contribution in [-0.2, 0) is 0 Å². The van der Waals surface area contributed by atoms with E-state index in [9.17, 15) is 0 Å². The molecule has 1 aromatic heterocycles. The van der Waals surface area contributed by atoms with E-state index in [4.69, 9.17) is 11.5 Å². The summed E-state index contributed by atoms with van der Waals surface area (Å²) >= 11 is 1.83. The Hall–Kier alpha value is -5.72. The number of anilines is 2. The zero-order valence-electron chi connectivity index (χ0n) is 30.8. The SMILES string of the molecule is C=C(/C=C\C=C/C)C(=C)/C=C(\C=C/Nc1ccc(C)cc1)c1cccc2c1sc1ccccc12.CC(N)c1ccccc1.CN.Nc1ccccc1. The Labute approximate surface area is 314 Å². The summed E-state index contributed by atoms with van der Waals surface area (Å²) in [6.07, 6.45) is 14.2. The third-order valence-corrected chi connectivity index (χ3v) is 8.97. The third kappa shape index (κ3) is 12.9. The highest BCUT2D eigenvalue weighted by molar-refractivity contribution is 7.26. The molecule has 0 aliphatic carbocycles. The first kappa shape index (κ1) is 40.7. The minimum atomic E-state index is 0.159. The monoisotopic (exact) mass is 704 g/mol. The molecule has 5 aromatic carbocycles. The molecule has 266 valence electrons. The van der Waals surface area contributed by atoms with Gasteiger partial charge in [0.05, 0.1) is 0 Å². The molecule has 0 aliphatic heterocycles. The van der Waals surface area contributed by atoms with Gasteiger partial charge in [-0.15, -0.1) is 11.3 Å². The van der Waals surface area contributed by atoms with Gasteiger partial charge in [0, 0.05) is 43.8 Å². The van der Waals surface area contributed by atoms with Gasteiger partial charge in [-0.3, -0.25) is 0 Å². The molecular weight excluding hydrogens is 653 g/mol. The van der Waals surface area contributed by atoms with Gasteiger partial charge in [-0.05, 0) is 98.1 Å². The van der Waals surface area contributed by atoms with E-state index in [0.29, 0.717) is 0 Å². The Morgan fingerprint density at radius 3 is 1.92 bits per heavy atom. The highest BCUT2D eigenvalue weighted by atomic mass is 32.1. The molecule has 6 aromatic rings. The van der Waals surface area contributed by atoms with E-state index >= 15 is 0 Å². The fraction of sp³-hybridized carbons (Fsp3) is 0.106. The number of thiophene rings is 1. The second kappa shape index (κ2) is 22.2. The molecule has 1 heterocycles. The predicted octanol–water partition coefficient (Wildman–Crippen LogP) is 12.2. The normalized spacial score (nSPS) is 11.7. The van der Waals surface area contributed by atoms with Crippen LogP contribution >= 0.6 is 11.3 Å². The topological polar surface area (TPSA) is 90.1 Å². The molecule has 7 N–H and O–H groups in total. The summed E-state index contributed by atoms with van der Waals surface area (Å²) in [6.45, 7) is 14.6. The lowest BCUT2D eigenvalue weighted by Crippen LogP contribution is -2.03. The average molecular weight is 705 g/mol. The number of nitrogens with two attached hydrogens (primary N) is 3.